The minimum atomic E-state index is 1.02. The van der Waals surface area contributed by atoms with Crippen molar-refractivity contribution >= 4 is 22.6 Å². The van der Waals surface area contributed by atoms with Gasteiger partial charge in [-0.05, 0) is 37.5 Å². The Bertz CT molecular complexity index is 118. The fourth-order valence-corrected chi connectivity index (χ4v) is 3.13. The van der Waals surface area contributed by atoms with E-state index in [1.807, 2.05) is 0 Å². The molecule has 0 nitrogen and oxygen atoms in total. The second-order valence-electron chi connectivity index (χ2n) is 3.96. The van der Waals surface area contributed by atoms with E-state index in [1.165, 1.54) is 19.3 Å². The van der Waals surface area contributed by atoms with Gasteiger partial charge in [-0.2, -0.15) is 0 Å². The van der Waals surface area contributed by atoms with Crippen LogP contribution >= 0.6 is 22.6 Å². The van der Waals surface area contributed by atoms with E-state index >= 15 is 0 Å². The Kier molecular flexibility index (Phi) is 2.21. The molecule has 58 valence electrons. The van der Waals surface area contributed by atoms with Crippen molar-refractivity contribution in [1.29, 1.82) is 0 Å². The Morgan fingerprint density at radius 2 is 1.70 bits per heavy atom. The molecule has 0 bridgehead atoms. The topological polar surface area (TPSA) is 0 Å². The van der Waals surface area contributed by atoms with E-state index < -0.39 is 0 Å². The molecule has 2 saturated carbocycles. The van der Waals surface area contributed by atoms with Crippen LogP contribution in [0.5, 0.6) is 0 Å². The van der Waals surface area contributed by atoms with Crippen LogP contribution in [0.15, 0.2) is 0 Å². The Morgan fingerprint density at radius 3 is 2.20 bits per heavy atom. The second-order valence-corrected chi connectivity index (χ2v) is 5.72. The first-order valence-electron chi connectivity index (χ1n) is 4.48. The van der Waals surface area contributed by atoms with Crippen molar-refractivity contribution < 1.29 is 0 Å². The highest BCUT2D eigenvalue weighted by atomic mass is 127. The maximum absolute atomic E-state index is 2.61. The van der Waals surface area contributed by atoms with E-state index in [0.717, 1.165) is 15.8 Å². The van der Waals surface area contributed by atoms with Crippen LogP contribution in [0.1, 0.15) is 38.5 Å². The molecular formula is C9H15I. The van der Waals surface area contributed by atoms with Crippen molar-refractivity contribution in [1.82, 2.24) is 0 Å². The maximum atomic E-state index is 2.61. The third kappa shape index (κ3) is 1.86. The summed E-state index contributed by atoms with van der Waals surface area (Å²) in [6, 6.07) is 0. The van der Waals surface area contributed by atoms with E-state index in [9.17, 15) is 0 Å². The lowest BCUT2D eigenvalue weighted by Gasteiger charge is -2.05. The van der Waals surface area contributed by atoms with Crippen LogP contribution in [0.2, 0.25) is 0 Å². The third-order valence-electron chi connectivity index (χ3n) is 2.84. The third-order valence-corrected chi connectivity index (χ3v) is 3.97. The number of halogens is 1. The molecule has 1 unspecified atom stereocenters. The van der Waals surface area contributed by atoms with E-state index in [-0.39, 0.29) is 0 Å². The summed E-state index contributed by atoms with van der Waals surface area (Å²) in [5.41, 5.74) is 0. The summed E-state index contributed by atoms with van der Waals surface area (Å²) in [4.78, 5) is 0. The van der Waals surface area contributed by atoms with Gasteiger partial charge in [0.05, 0.1) is 0 Å². The largest absolute Gasteiger partial charge is 0.0826 e. The molecule has 0 amide bonds. The summed E-state index contributed by atoms with van der Waals surface area (Å²) in [5.74, 6) is 2.28. The SMILES string of the molecule is I[C@H]1CCC(CC2CC2)C1. The van der Waals surface area contributed by atoms with E-state index in [2.05, 4.69) is 22.6 Å². The Labute approximate surface area is 76.9 Å². The Balaban J connectivity index is 1.72. The molecule has 0 aromatic heterocycles. The van der Waals surface area contributed by atoms with Crippen molar-refractivity contribution in [2.75, 3.05) is 0 Å². The highest BCUT2D eigenvalue weighted by Crippen LogP contribution is 2.42. The first kappa shape index (κ1) is 7.38. The van der Waals surface area contributed by atoms with Crippen LogP contribution in [0.25, 0.3) is 0 Å². The van der Waals surface area contributed by atoms with Gasteiger partial charge in [0, 0.05) is 3.92 Å². The van der Waals surface area contributed by atoms with Gasteiger partial charge in [0.25, 0.3) is 0 Å². The minimum absolute atomic E-state index is 1.02. The van der Waals surface area contributed by atoms with Crippen LogP contribution in [0.3, 0.4) is 0 Å². The van der Waals surface area contributed by atoms with Crippen molar-refractivity contribution in [3.05, 3.63) is 0 Å². The molecule has 0 aromatic rings. The number of rotatable bonds is 2. The Morgan fingerprint density at radius 1 is 1.00 bits per heavy atom. The molecular weight excluding hydrogens is 235 g/mol. The van der Waals surface area contributed by atoms with Crippen LogP contribution < -0.4 is 0 Å². The highest BCUT2D eigenvalue weighted by molar-refractivity contribution is 14.1. The van der Waals surface area contributed by atoms with Crippen molar-refractivity contribution in [3.63, 3.8) is 0 Å². The zero-order valence-corrected chi connectivity index (χ0v) is 8.51. The number of hydrogen-bond acceptors (Lipinski definition) is 0. The monoisotopic (exact) mass is 250 g/mol. The highest BCUT2D eigenvalue weighted by Gasteiger charge is 2.29. The molecule has 2 atom stereocenters. The predicted molar refractivity (Wildman–Crippen MR) is 52.5 cm³/mol. The molecule has 0 saturated heterocycles. The fraction of sp³-hybridized carbons (Fsp3) is 1.00. The summed E-state index contributed by atoms with van der Waals surface area (Å²) < 4.78 is 1.02. The van der Waals surface area contributed by atoms with Gasteiger partial charge < -0.3 is 0 Å². The maximum Gasteiger partial charge on any atom is 0.0112 e. The zero-order chi connectivity index (χ0) is 6.97. The molecule has 0 radical (unpaired) electrons. The standard InChI is InChI=1S/C9H15I/c10-9-4-3-8(6-9)5-7-1-2-7/h7-9H,1-6H2/t8?,9-/m0/s1. The molecule has 2 aliphatic rings. The lowest BCUT2D eigenvalue weighted by Crippen LogP contribution is -1.95. The normalized spacial score (nSPS) is 40.5. The van der Waals surface area contributed by atoms with Gasteiger partial charge in [0.2, 0.25) is 0 Å². The second kappa shape index (κ2) is 3.00. The summed E-state index contributed by atoms with van der Waals surface area (Å²) in [7, 11) is 0. The van der Waals surface area contributed by atoms with Gasteiger partial charge in [-0.3, -0.25) is 0 Å². The number of hydrogen-bond donors (Lipinski definition) is 0. The van der Waals surface area contributed by atoms with Crippen molar-refractivity contribution in [2.24, 2.45) is 11.8 Å². The van der Waals surface area contributed by atoms with Gasteiger partial charge in [-0.25, -0.2) is 0 Å². The summed E-state index contributed by atoms with van der Waals surface area (Å²) in [6.07, 6.45) is 9.21. The van der Waals surface area contributed by atoms with E-state index in [1.54, 1.807) is 19.3 Å². The average molecular weight is 250 g/mol. The van der Waals surface area contributed by atoms with Gasteiger partial charge in [-0.1, -0.05) is 35.4 Å². The first-order chi connectivity index (χ1) is 4.84. The molecule has 2 fully saturated rings. The fourth-order valence-electron chi connectivity index (χ4n) is 2.05. The summed E-state index contributed by atoms with van der Waals surface area (Å²) >= 11 is 2.61. The van der Waals surface area contributed by atoms with Crippen molar-refractivity contribution in [2.45, 2.75) is 42.4 Å². The van der Waals surface area contributed by atoms with E-state index in [0.29, 0.717) is 0 Å². The van der Waals surface area contributed by atoms with Crippen LogP contribution in [0.4, 0.5) is 0 Å². The molecule has 0 aliphatic heterocycles. The quantitative estimate of drug-likeness (QED) is 0.520. The summed E-state index contributed by atoms with van der Waals surface area (Å²) in [5, 5.41) is 0. The molecule has 2 aliphatic carbocycles. The molecule has 0 heterocycles. The van der Waals surface area contributed by atoms with Crippen LogP contribution in [-0.4, -0.2) is 3.92 Å². The lowest BCUT2D eigenvalue weighted by molar-refractivity contribution is 0.472. The molecule has 0 aromatic carbocycles. The predicted octanol–water partition coefficient (Wildman–Crippen LogP) is 3.39. The molecule has 10 heavy (non-hydrogen) atoms. The molecule has 1 heteroatoms. The van der Waals surface area contributed by atoms with E-state index in [4.69, 9.17) is 0 Å². The van der Waals surface area contributed by atoms with Crippen LogP contribution in [0, 0.1) is 11.8 Å². The minimum Gasteiger partial charge on any atom is -0.0826 e. The Hall–Kier alpha value is 0.730. The lowest BCUT2D eigenvalue weighted by atomic mass is 10.0. The van der Waals surface area contributed by atoms with Gasteiger partial charge in [0.1, 0.15) is 0 Å². The smallest absolute Gasteiger partial charge is 0.0112 e. The van der Waals surface area contributed by atoms with Crippen LogP contribution in [-0.2, 0) is 0 Å². The molecule has 0 spiro atoms. The zero-order valence-electron chi connectivity index (χ0n) is 6.35. The molecule has 2 rings (SSSR count). The average Bonchev–Trinajstić information content (AvgIpc) is 2.59. The molecule has 0 N–H and O–H groups in total. The van der Waals surface area contributed by atoms with Gasteiger partial charge in [0.15, 0.2) is 0 Å². The number of alkyl halides is 1. The first-order valence-corrected chi connectivity index (χ1v) is 5.73. The van der Waals surface area contributed by atoms with Gasteiger partial charge in [-0.15, -0.1) is 0 Å². The summed E-state index contributed by atoms with van der Waals surface area (Å²) in [6.45, 7) is 0. The van der Waals surface area contributed by atoms with Gasteiger partial charge >= 0.3 is 0 Å². The van der Waals surface area contributed by atoms with Crippen molar-refractivity contribution in [3.8, 4) is 0 Å².